The molecule has 1 aliphatic rings. The molecule has 4 rings (SSSR count). The zero-order chi connectivity index (χ0) is 24.3. The van der Waals surface area contributed by atoms with E-state index in [0.29, 0.717) is 29.6 Å². The largest absolute Gasteiger partial charge is 0.573 e. The molecule has 1 saturated heterocycles. The normalized spacial score (nSPS) is 18.8. The van der Waals surface area contributed by atoms with Gasteiger partial charge < -0.3 is 9.64 Å². The fraction of sp³-hybridized carbons (Fsp3) is 0.400. The Morgan fingerprint density at radius 1 is 1.09 bits per heavy atom. The number of alkyl halides is 3. The summed E-state index contributed by atoms with van der Waals surface area (Å²) in [7, 11) is 0. The summed E-state index contributed by atoms with van der Waals surface area (Å²) in [6, 6.07) is 15.1. The number of ether oxygens (including phenoxy) is 1. The highest BCUT2D eigenvalue weighted by Crippen LogP contribution is 2.30. The maximum atomic E-state index is 13.4. The molecule has 1 fully saturated rings. The highest BCUT2D eigenvalue weighted by molar-refractivity contribution is 5.76. The van der Waals surface area contributed by atoms with Crippen LogP contribution in [0.1, 0.15) is 32.3 Å². The Bertz CT molecular complexity index is 1100. The quantitative estimate of drug-likeness (QED) is 0.472. The summed E-state index contributed by atoms with van der Waals surface area (Å²) in [5, 5.41) is 8.49. The van der Waals surface area contributed by atoms with Gasteiger partial charge in [0.05, 0.1) is 6.20 Å². The molecule has 9 heteroatoms. The van der Waals surface area contributed by atoms with E-state index in [0.717, 1.165) is 24.1 Å². The van der Waals surface area contributed by atoms with Crippen LogP contribution in [-0.4, -0.2) is 44.9 Å². The fourth-order valence-corrected chi connectivity index (χ4v) is 4.36. The molecule has 0 radical (unpaired) electrons. The van der Waals surface area contributed by atoms with Crippen molar-refractivity contribution in [2.24, 2.45) is 11.8 Å². The third-order valence-electron chi connectivity index (χ3n) is 6.29. The SMILES string of the molecule is CC(C)C1CC[C@H](Cc2ccccc2)N(C(=O)n2ncc(-c3ccc(OC(F)(F)F)cc3)n2)C1. The van der Waals surface area contributed by atoms with Gasteiger partial charge in [0.15, 0.2) is 0 Å². The monoisotopic (exact) mass is 472 g/mol. The molecule has 2 aromatic carbocycles. The van der Waals surface area contributed by atoms with Crippen LogP contribution in [0.4, 0.5) is 18.0 Å². The van der Waals surface area contributed by atoms with Crippen molar-refractivity contribution >= 4 is 6.03 Å². The Morgan fingerprint density at radius 2 is 1.79 bits per heavy atom. The smallest absolute Gasteiger partial charge is 0.406 e. The van der Waals surface area contributed by atoms with E-state index in [1.165, 1.54) is 36.0 Å². The average molecular weight is 473 g/mol. The van der Waals surface area contributed by atoms with Crippen molar-refractivity contribution in [1.29, 1.82) is 0 Å². The Morgan fingerprint density at radius 3 is 2.44 bits per heavy atom. The number of aromatic nitrogens is 3. The Labute approximate surface area is 196 Å². The van der Waals surface area contributed by atoms with Gasteiger partial charge in [-0.3, -0.25) is 0 Å². The molecule has 0 aliphatic carbocycles. The summed E-state index contributed by atoms with van der Waals surface area (Å²) in [5.41, 5.74) is 2.10. The van der Waals surface area contributed by atoms with Crippen molar-refractivity contribution in [3.63, 3.8) is 0 Å². The van der Waals surface area contributed by atoms with Gasteiger partial charge >= 0.3 is 12.4 Å². The molecule has 0 bridgehead atoms. The molecule has 0 spiro atoms. The van der Waals surface area contributed by atoms with E-state index in [9.17, 15) is 18.0 Å². The second-order valence-corrected chi connectivity index (χ2v) is 8.95. The molecule has 2 heterocycles. The lowest BCUT2D eigenvalue weighted by Crippen LogP contribution is -2.50. The molecule has 1 unspecified atom stereocenters. The summed E-state index contributed by atoms with van der Waals surface area (Å²) in [6.45, 7) is 4.97. The van der Waals surface area contributed by atoms with Gasteiger partial charge in [0.25, 0.3) is 0 Å². The molecular weight excluding hydrogens is 445 g/mol. The number of halogens is 3. The standard InChI is InChI=1S/C25H27F3N4O2/c1-17(2)20-8-11-21(14-18-6-4-3-5-7-18)31(16-20)24(33)32-29-15-23(30-32)19-9-12-22(13-10-19)34-25(26,27)28/h3-7,9-10,12-13,15,17,20-21H,8,11,14,16H2,1-2H3/t20?,21-/m1/s1. The molecule has 2 atom stereocenters. The second-order valence-electron chi connectivity index (χ2n) is 8.95. The molecule has 0 N–H and O–H groups in total. The first-order valence-corrected chi connectivity index (χ1v) is 11.3. The zero-order valence-corrected chi connectivity index (χ0v) is 19.1. The van der Waals surface area contributed by atoms with Crippen molar-refractivity contribution < 1.29 is 22.7 Å². The molecule has 1 aromatic heterocycles. The van der Waals surface area contributed by atoms with Gasteiger partial charge in [0.1, 0.15) is 11.4 Å². The number of benzene rings is 2. The molecule has 3 aromatic rings. The van der Waals surface area contributed by atoms with Gasteiger partial charge in [-0.2, -0.15) is 5.10 Å². The molecule has 1 amide bonds. The Balaban J connectivity index is 1.52. The third-order valence-corrected chi connectivity index (χ3v) is 6.29. The summed E-state index contributed by atoms with van der Waals surface area (Å²) in [6.07, 6.45) is -0.600. The molecule has 180 valence electrons. The number of rotatable bonds is 5. The molecule has 6 nitrogen and oxygen atoms in total. The molecule has 34 heavy (non-hydrogen) atoms. The van der Waals surface area contributed by atoms with Gasteiger partial charge in [-0.05, 0) is 60.9 Å². The van der Waals surface area contributed by atoms with Gasteiger partial charge in [0.2, 0.25) is 0 Å². The maximum absolute atomic E-state index is 13.4. The van der Waals surface area contributed by atoms with Crippen LogP contribution in [0.25, 0.3) is 11.3 Å². The first kappa shape index (κ1) is 23.8. The zero-order valence-electron chi connectivity index (χ0n) is 19.1. The van der Waals surface area contributed by atoms with Crippen LogP contribution >= 0.6 is 0 Å². The summed E-state index contributed by atoms with van der Waals surface area (Å²) < 4.78 is 41.1. The lowest BCUT2D eigenvalue weighted by molar-refractivity contribution is -0.274. The Hall–Kier alpha value is -3.36. The van der Waals surface area contributed by atoms with E-state index in [1.807, 2.05) is 23.1 Å². The van der Waals surface area contributed by atoms with Crippen LogP contribution < -0.4 is 4.74 Å². The van der Waals surface area contributed by atoms with Crippen molar-refractivity contribution in [1.82, 2.24) is 19.9 Å². The van der Waals surface area contributed by atoms with E-state index in [2.05, 4.69) is 40.9 Å². The summed E-state index contributed by atoms with van der Waals surface area (Å²) in [5.74, 6) is 0.523. The van der Waals surface area contributed by atoms with Crippen LogP contribution in [-0.2, 0) is 6.42 Å². The number of nitrogens with zero attached hydrogens (tertiary/aromatic N) is 4. The first-order valence-electron chi connectivity index (χ1n) is 11.3. The summed E-state index contributed by atoms with van der Waals surface area (Å²) >= 11 is 0. The number of piperidine rings is 1. The number of carbonyl (C=O) groups is 1. The van der Waals surface area contributed by atoms with E-state index >= 15 is 0 Å². The minimum atomic E-state index is -4.75. The fourth-order valence-electron chi connectivity index (χ4n) is 4.36. The summed E-state index contributed by atoms with van der Waals surface area (Å²) in [4.78, 5) is 16.4. The van der Waals surface area contributed by atoms with E-state index < -0.39 is 6.36 Å². The van der Waals surface area contributed by atoms with Crippen molar-refractivity contribution in [3.05, 3.63) is 66.4 Å². The van der Waals surface area contributed by atoms with Crippen molar-refractivity contribution in [3.8, 4) is 17.0 Å². The topological polar surface area (TPSA) is 60.2 Å². The first-order chi connectivity index (χ1) is 16.2. The Kier molecular flexibility index (Phi) is 6.90. The van der Waals surface area contributed by atoms with Crippen molar-refractivity contribution in [2.45, 2.75) is 45.5 Å². The van der Waals surface area contributed by atoms with Gasteiger partial charge in [-0.25, -0.2) is 4.79 Å². The molecular formula is C25H27F3N4O2. The highest BCUT2D eigenvalue weighted by Gasteiger charge is 2.34. The number of carbonyl (C=O) groups excluding carboxylic acids is 1. The van der Waals surface area contributed by atoms with Gasteiger partial charge in [0, 0.05) is 18.2 Å². The van der Waals surface area contributed by atoms with Crippen LogP contribution in [0, 0.1) is 11.8 Å². The third kappa shape index (κ3) is 5.76. The number of amides is 1. The van der Waals surface area contributed by atoms with Crippen LogP contribution in [0.3, 0.4) is 0 Å². The number of likely N-dealkylation sites (tertiary alicyclic amines) is 1. The van der Waals surface area contributed by atoms with Crippen LogP contribution in [0.2, 0.25) is 0 Å². The lowest BCUT2D eigenvalue weighted by Gasteiger charge is -2.40. The molecule has 1 aliphatic heterocycles. The predicted molar refractivity (Wildman–Crippen MR) is 121 cm³/mol. The highest BCUT2D eigenvalue weighted by atomic mass is 19.4. The maximum Gasteiger partial charge on any atom is 0.573 e. The molecule has 0 saturated carbocycles. The number of hydrogen-bond acceptors (Lipinski definition) is 4. The van der Waals surface area contributed by atoms with E-state index in [1.54, 1.807) is 0 Å². The van der Waals surface area contributed by atoms with Crippen LogP contribution in [0.15, 0.2) is 60.8 Å². The average Bonchev–Trinajstić information content (AvgIpc) is 3.29. The van der Waals surface area contributed by atoms with Gasteiger partial charge in [-0.1, -0.05) is 49.0 Å². The minimum Gasteiger partial charge on any atom is -0.406 e. The van der Waals surface area contributed by atoms with E-state index in [-0.39, 0.29) is 17.8 Å². The van der Waals surface area contributed by atoms with E-state index in [4.69, 9.17) is 0 Å². The van der Waals surface area contributed by atoms with Crippen molar-refractivity contribution in [2.75, 3.05) is 6.54 Å². The van der Waals surface area contributed by atoms with Crippen LogP contribution in [0.5, 0.6) is 5.75 Å². The minimum absolute atomic E-state index is 0.0400. The number of hydrogen-bond donors (Lipinski definition) is 0. The predicted octanol–water partition coefficient (Wildman–Crippen LogP) is 5.79. The van der Waals surface area contributed by atoms with Gasteiger partial charge in [-0.15, -0.1) is 18.3 Å². The second kappa shape index (κ2) is 9.87. The lowest BCUT2D eigenvalue weighted by atomic mass is 9.83.